The van der Waals surface area contributed by atoms with Gasteiger partial charge in [0, 0.05) is 15.5 Å². The van der Waals surface area contributed by atoms with Gasteiger partial charge in [0.15, 0.2) is 6.61 Å². The number of halogens is 3. The molecule has 176 valence electrons. The molecule has 1 heterocycles. The molecular formula is C25H21F3N2O3S. The minimum atomic E-state index is -4.41. The first-order chi connectivity index (χ1) is 16.1. The van der Waals surface area contributed by atoms with Crippen LogP contribution in [0.15, 0.2) is 71.6 Å². The number of carboxylic acid groups (broad SMARTS) is 1. The van der Waals surface area contributed by atoms with Crippen LogP contribution in [0.2, 0.25) is 0 Å². The van der Waals surface area contributed by atoms with Crippen molar-refractivity contribution in [1.82, 2.24) is 9.78 Å². The van der Waals surface area contributed by atoms with E-state index in [4.69, 9.17) is 9.84 Å². The summed E-state index contributed by atoms with van der Waals surface area (Å²) in [5, 5.41) is 14.3. The third-order valence-corrected chi connectivity index (χ3v) is 6.35. The molecule has 1 aromatic heterocycles. The predicted molar refractivity (Wildman–Crippen MR) is 125 cm³/mol. The smallest absolute Gasteiger partial charge is 0.416 e. The Labute approximate surface area is 198 Å². The van der Waals surface area contributed by atoms with Crippen molar-refractivity contribution in [3.8, 4) is 11.4 Å². The lowest BCUT2D eigenvalue weighted by atomic mass is 10.1. The van der Waals surface area contributed by atoms with E-state index in [0.29, 0.717) is 11.4 Å². The quantitative estimate of drug-likeness (QED) is 0.296. The summed E-state index contributed by atoms with van der Waals surface area (Å²) in [6, 6.07) is 18.1. The molecule has 0 fully saturated rings. The van der Waals surface area contributed by atoms with Gasteiger partial charge in [0.2, 0.25) is 0 Å². The van der Waals surface area contributed by atoms with Gasteiger partial charge in [-0.05, 0) is 67.9 Å². The van der Waals surface area contributed by atoms with E-state index in [-0.39, 0.29) is 5.25 Å². The highest BCUT2D eigenvalue weighted by Gasteiger charge is 2.30. The lowest BCUT2D eigenvalue weighted by Crippen LogP contribution is -2.10. The number of carboxylic acids is 1. The molecule has 0 amide bonds. The van der Waals surface area contributed by atoms with Gasteiger partial charge in [-0.1, -0.05) is 18.2 Å². The Balaban J connectivity index is 1.67. The third-order valence-electron chi connectivity index (χ3n) is 5.25. The fourth-order valence-corrected chi connectivity index (χ4v) is 4.83. The molecule has 9 heteroatoms. The monoisotopic (exact) mass is 486 g/mol. The van der Waals surface area contributed by atoms with Crippen LogP contribution in [0.5, 0.6) is 5.75 Å². The van der Waals surface area contributed by atoms with Gasteiger partial charge in [0.1, 0.15) is 5.75 Å². The van der Waals surface area contributed by atoms with Crippen molar-refractivity contribution >= 4 is 28.6 Å². The van der Waals surface area contributed by atoms with Crippen molar-refractivity contribution in [1.29, 1.82) is 0 Å². The van der Waals surface area contributed by atoms with Crippen LogP contribution in [0, 0.1) is 6.92 Å². The van der Waals surface area contributed by atoms with E-state index in [2.05, 4.69) is 5.10 Å². The number of aliphatic carboxylic acids is 1. The Morgan fingerprint density at radius 1 is 1.12 bits per heavy atom. The molecule has 0 saturated carbocycles. The van der Waals surface area contributed by atoms with Crippen molar-refractivity contribution in [2.24, 2.45) is 0 Å². The molecule has 5 nitrogen and oxygen atoms in total. The fraction of sp³-hybridized carbons (Fsp3) is 0.200. The standard InChI is InChI=1S/C25H21F3N2O3S/c1-15-13-19(11-12-22(15)33-14-23(31)32)34-16(2)24-20-5-3-4-6-21(20)29-30(24)18-9-7-17(8-10-18)25(26,27)28/h3-13,16H,14H2,1-2H3,(H,31,32). The van der Waals surface area contributed by atoms with Gasteiger partial charge in [-0.2, -0.15) is 18.3 Å². The summed E-state index contributed by atoms with van der Waals surface area (Å²) in [5.74, 6) is -0.547. The zero-order valence-electron chi connectivity index (χ0n) is 18.3. The van der Waals surface area contributed by atoms with Crippen molar-refractivity contribution in [2.75, 3.05) is 6.61 Å². The Bertz CT molecular complexity index is 1330. The molecule has 3 aromatic carbocycles. The highest BCUT2D eigenvalue weighted by molar-refractivity contribution is 7.99. The Hall–Kier alpha value is -3.46. The topological polar surface area (TPSA) is 64.4 Å². The van der Waals surface area contributed by atoms with Crippen molar-refractivity contribution in [2.45, 2.75) is 30.2 Å². The first kappa shape index (κ1) is 23.7. The molecular weight excluding hydrogens is 465 g/mol. The number of hydrogen-bond donors (Lipinski definition) is 1. The minimum Gasteiger partial charge on any atom is -0.482 e. The number of alkyl halides is 3. The maximum absolute atomic E-state index is 13.0. The van der Waals surface area contributed by atoms with Gasteiger partial charge in [-0.3, -0.25) is 0 Å². The van der Waals surface area contributed by atoms with Crippen LogP contribution in [0.3, 0.4) is 0 Å². The zero-order chi connectivity index (χ0) is 24.5. The van der Waals surface area contributed by atoms with E-state index in [9.17, 15) is 18.0 Å². The Morgan fingerprint density at radius 3 is 2.47 bits per heavy atom. The summed E-state index contributed by atoms with van der Waals surface area (Å²) in [6.45, 7) is 3.44. The van der Waals surface area contributed by atoms with E-state index in [1.54, 1.807) is 22.5 Å². The molecule has 0 aliphatic rings. The fourth-order valence-electron chi connectivity index (χ4n) is 3.69. The van der Waals surface area contributed by atoms with Gasteiger partial charge >= 0.3 is 12.1 Å². The lowest BCUT2D eigenvalue weighted by Gasteiger charge is -2.16. The van der Waals surface area contributed by atoms with Crippen LogP contribution in [0.4, 0.5) is 13.2 Å². The summed E-state index contributed by atoms with van der Waals surface area (Å²) in [4.78, 5) is 11.7. The Kier molecular flexibility index (Phi) is 6.56. The molecule has 0 spiro atoms. The van der Waals surface area contributed by atoms with E-state index in [1.807, 2.05) is 50.2 Å². The second-order valence-electron chi connectivity index (χ2n) is 7.73. The summed E-state index contributed by atoms with van der Waals surface area (Å²) in [5.41, 5.74) is 2.25. The number of aryl methyl sites for hydroxylation is 1. The van der Waals surface area contributed by atoms with E-state index in [1.165, 1.54) is 12.1 Å². The molecule has 0 aliphatic carbocycles. The molecule has 0 aliphatic heterocycles. The van der Waals surface area contributed by atoms with E-state index in [0.717, 1.165) is 39.2 Å². The number of carbonyl (C=O) groups is 1. The SMILES string of the molecule is Cc1cc(SC(C)c2c3ccccc3nn2-c2ccc(C(F)(F)F)cc2)ccc1OCC(=O)O. The second kappa shape index (κ2) is 9.42. The van der Waals surface area contributed by atoms with Crippen LogP contribution in [0.25, 0.3) is 16.6 Å². The molecule has 4 rings (SSSR count). The van der Waals surface area contributed by atoms with Crippen LogP contribution < -0.4 is 4.74 Å². The average molecular weight is 487 g/mol. The van der Waals surface area contributed by atoms with Crippen LogP contribution in [-0.4, -0.2) is 27.5 Å². The van der Waals surface area contributed by atoms with Crippen LogP contribution >= 0.6 is 11.8 Å². The normalized spacial score (nSPS) is 12.6. The maximum Gasteiger partial charge on any atom is 0.416 e. The number of fused-ring (bicyclic) bond motifs is 1. The summed E-state index contributed by atoms with van der Waals surface area (Å²) in [7, 11) is 0. The average Bonchev–Trinajstić information content (AvgIpc) is 3.17. The van der Waals surface area contributed by atoms with E-state index < -0.39 is 24.3 Å². The molecule has 0 bridgehead atoms. The molecule has 1 N–H and O–H groups in total. The first-order valence-corrected chi connectivity index (χ1v) is 11.3. The summed E-state index contributed by atoms with van der Waals surface area (Å²) >= 11 is 1.57. The van der Waals surface area contributed by atoms with Crippen LogP contribution in [0.1, 0.15) is 29.0 Å². The van der Waals surface area contributed by atoms with Crippen molar-refractivity contribution < 1.29 is 27.8 Å². The van der Waals surface area contributed by atoms with Gasteiger partial charge in [0.05, 0.1) is 22.5 Å². The number of ether oxygens (including phenoxy) is 1. The molecule has 4 aromatic rings. The van der Waals surface area contributed by atoms with Crippen LogP contribution in [-0.2, 0) is 11.0 Å². The Morgan fingerprint density at radius 2 is 1.82 bits per heavy atom. The minimum absolute atomic E-state index is 0.0973. The number of aromatic nitrogens is 2. The summed E-state index contributed by atoms with van der Waals surface area (Å²) in [6.07, 6.45) is -4.41. The molecule has 0 radical (unpaired) electrons. The molecule has 34 heavy (non-hydrogen) atoms. The van der Waals surface area contributed by atoms with Crippen molar-refractivity contribution in [3.63, 3.8) is 0 Å². The van der Waals surface area contributed by atoms with Gasteiger partial charge in [0.25, 0.3) is 0 Å². The second-order valence-corrected chi connectivity index (χ2v) is 9.14. The largest absolute Gasteiger partial charge is 0.482 e. The van der Waals surface area contributed by atoms with Crippen molar-refractivity contribution in [3.05, 3.63) is 83.6 Å². The number of thioether (sulfide) groups is 1. The van der Waals surface area contributed by atoms with Gasteiger partial charge in [-0.25, -0.2) is 9.48 Å². The van der Waals surface area contributed by atoms with Gasteiger partial charge in [-0.15, -0.1) is 11.8 Å². The summed E-state index contributed by atoms with van der Waals surface area (Å²) < 4.78 is 46.1. The van der Waals surface area contributed by atoms with E-state index >= 15 is 0 Å². The number of benzene rings is 3. The highest BCUT2D eigenvalue weighted by Crippen LogP contribution is 2.40. The molecule has 0 saturated heterocycles. The highest BCUT2D eigenvalue weighted by atomic mass is 32.2. The lowest BCUT2D eigenvalue weighted by molar-refractivity contribution is -0.139. The maximum atomic E-state index is 13.0. The number of nitrogens with zero attached hydrogens (tertiary/aromatic N) is 2. The molecule has 1 unspecified atom stereocenters. The number of hydrogen-bond acceptors (Lipinski definition) is 4. The third kappa shape index (κ3) is 5.04. The molecule has 1 atom stereocenters. The zero-order valence-corrected chi connectivity index (χ0v) is 19.2. The first-order valence-electron chi connectivity index (χ1n) is 10.4. The predicted octanol–water partition coefficient (Wildman–Crippen LogP) is 6.67. The van der Waals surface area contributed by atoms with Gasteiger partial charge < -0.3 is 9.84 Å². The number of rotatable bonds is 7.